The third-order valence-corrected chi connectivity index (χ3v) is 3.88. The quantitative estimate of drug-likeness (QED) is 0.534. The molecule has 1 N–H and O–H groups in total. The Balaban J connectivity index is 2.16. The molecule has 1 heterocycles. The number of thioether (sulfide) groups is 1. The number of carbonyl (C=O) groups is 1. The third kappa shape index (κ3) is 3.70. The van der Waals surface area contributed by atoms with E-state index in [4.69, 9.17) is 5.26 Å². The van der Waals surface area contributed by atoms with Gasteiger partial charge in [0.15, 0.2) is 5.13 Å². The number of benzene rings is 1. The van der Waals surface area contributed by atoms with E-state index in [1.54, 1.807) is 29.4 Å². The molecule has 0 aliphatic rings. The molecule has 0 aliphatic heterocycles. The van der Waals surface area contributed by atoms with Gasteiger partial charge in [0.1, 0.15) is 11.6 Å². The van der Waals surface area contributed by atoms with E-state index in [0.29, 0.717) is 5.13 Å². The van der Waals surface area contributed by atoms with E-state index in [-0.39, 0.29) is 5.57 Å². The molecule has 4 nitrogen and oxygen atoms in total. The minimum Gasteiger partial charge on any atom is -0.297 e. The van der Waals surface area contributed by atoms with Crippen molar-refractivity contribution in [1.29, 1.82) is 5.26 Å². The zero-order valence-corrected chi connectivity index (χ0v) is 12.3. The van der Waals surface area contributed by atoms with Gasteiger partial charge in [-0.25, -0.2) is 4.98 Å². The number of nitriles is 1. The number of hydrogen-bond donors (Lipinski definition) is 1. The molecular weight excluding hydrogens is 290 g/mol. The van der Waals surface area contributed by atoms with Gasteiger partial charge >= 0.3 is 0 Å². The van der Waals surface area contributed by atoms with Crippen LogP contribution in [-0.2, 0) is 4.79 Å². The van der Waals surface area contributed by atoms with Crippen LogP contribution in [0, 0.1) is 11.3 Å². The number of carbonyl (C=O) groups excluding carboxylic acids is 1. The van der Waals surface area contributed by atoms with Crippen LogP contribution in [0.4, 0.5) is 5.13 Å². The first-order valence-electron chi connectivity index (χ1n) is 5.69. The molecule has 1 amide bonds. The fourth-order valence-corrected chi connectivity index (χ4v) is 2.40. The maximum absolute atomic E-state index is 11.9. The van der Waals surface area contributed by atoms with Gasteiger partial charge in [-0.2, -0.15) is 5.26 Å². The fraction of sp³-hybridized carbons (Fsp3) is 0.0714. The molecule has 100 valence electrons. The van der Waals surface area contributed by atoms with Gasteiger partial charge in [0, 0.05) is 16.5 Å². The van der Waals surface area contributed by atoms with Crippen molar-refractivity contribution in [3.05, 3.63) is 47.0 Å². The van der Waals surface area contributed by atoms with Gasteiger partial charge in [0.2, 0.25) is 0 Å². The van der Waals surface area contributed by atoms with Gasteiger partial charge in [-0.3, -0.25) is 10.1 Å². The number of amides is 1. The van der Waals surface area contributed by atoms with E-state index >= 15 is 0 Å². The van der Waals surface area contributed by atoms with Crippen molar-refractivity contribution in [1.82, 2.24) is 4.98 Å². The zero-order valence-electron chi connectivity index (χ0n) is 10.7. The maximum atomic E-state index is 11.9. The molecule has 0 spiro atoms. The van der Waals surface area contributed by atoms with Crippen LogP contribution in [-0.4, -0.2) is 17.1 Å². The Morgan fingerprint density at radius 2 is 2.20 bits per heavy atom. The number of hydrogen-bond acceptors (Lipinski definition) is 5. The van der Waals surface area contributed by atoms with Gasteiger partial charge in [-0.1, -0.05) is 12.1 Å². The average Bonchev–Trinajstić information content (AvgIpc) is 2.98. The predicted octanol–water partition coefficient (Wildman–Crippen LogP) is 3.41. The second-order valence-electron chi connectivity index (χ2n) is 3.73. The van der Waals surface area contributed by atoms with Crippen LogP contribution in [0.1, 0.15) is 5.56 Å². The molecule has 0 fully saturated rings. The summed E-state index contributed by atoms with van der Waals surface area (Å²) in [5.74, 6) is -0.448. The molecule has 20 heavy (non-hydrogen) atoms. The van der Waals surface area contributed by atoms with E-state index in [1.165, 1.54) is 11.3 Å². The molecule has 2 rings (SSSR count). The van der Waals surface area contributed by atoms with Crippen molar-refractivity contribution in [3.63, 3.8) is 0 Å². The minimum atomic E-state index is -0.448. The van der Waals surface area contributed by atoms with E-state index in [1.807, 2.05) is 36.6 Å². The first-order valence-corrected chi connectivity index (χ1v) is 7.80. The summed E-state index contributed by atoms with van der Waals surface area (Å²) in [5, 5.41) is 13.9. The lowest BCUT2D eigenvalue weighted by Crippen LogP contribution is -2.13. The number of anilines is 1. The van der Waals surface area contributed by atoms with Crippen molar-refractivity contribution in [3.8, 4) is 6.07 Å². The Labute approximate surface area is 125 Å². The summed E-state index contributed by atoms with van der Waals surface area (Å²) in [6.45, 7) is 0. The predicted molar refractivity (Wildman–Crippen MR) is 82.6 cm³/mol. The molecule has 1 aromatic heterocycles. The number of nitrogens with one attached hydrogen (secondary N) is 1. The highest BCUT2D eigenvalue weighted by atomic mass is 32.2. The Bertz CT molecular complexity index is 655. The molecule has 6 heteroatoms. The zero-order chi connectivity index (χ0) is 14.4. The maximum Gasteiger partial charge on any atom is 0.268 e. The molecule has 0 atom stereocenters. The third-order valence-electron chi connectivity index (χ3n) is 2.44. The summed E-state index contributed by atoms with van der Waals surface area (Å²) in [6, 6.07) is 9.56. The highest BCUT2D eigenvalue weighted by molar-refractivity contribution is 7.98. The fourth-order valence-electron chi connectivity index (χ4n) is 1.47. The highest BCUT2D eigenvalue weighted by Crippen LogP contribution is 2.17. The van der Waals surface area contributed by atoms with Crippen molar-refractivity contribution in [2.75, 3.05) is 11.6 Å². The lowest BCUT2D eigenvalue weighted by molar-refractivity contribution is -0.112. The van der Waals surface area contributed by atoms with Gasteiger partial charge in [0.25, 0.3) is 5.91 Å². The number of aromatic nitrogens is 1. The number of nitrogens with zero attached hydrogens (tertiary/aromatic N) is 2. The molecule has 0 radical (unpaired) electrons. The molecule has 0 bridgehead atoms. The van der Waals surface area contributed by atoms with E-state index < -0.39 is 5.91 Å². The van der Waals surface area contributed by atoms with Crippen LogP contribution >= 0.6 is 23.1 Å². The van der Waals surface area contributed by atoms with Gasteiger partial charge < -0.3 is 0 Å². The van der Waals surface area contributed by atoms with Crippen molar-refractivity contribution < 1.29 is 4.79 Å². The molecule has 0 saturated carbocycles. The van der Waals surface area contributed by atoms with Gasteiger partial charge in [0.05, 0.1) is 0 Å². The minimum absolute atomic E-state index is 0.0529. The second kappa shape index (κ2) is 6.89. The SMILES string of the molecule is CSc1ccc(/C=C(\C#N)C(=O)Nc2nccs2)cc1. The molecule has 0 aliphatic carbocycles. The van der Waals surface area contributed by atoms with Crippen LogP contribution in [0.5, 0.6) is 0 Å². The highest BCUT2D eigenvalue weighted by Gasteiger charge is 2.10. The summed E-state index contributed by atoms with van der Waals surface area (Å²) in [7, 11) is 0. The molecular formula is C14H11N3OS2. The standard InChI is InChI=1S/C14H11N3OS2/c1-19-12-4-2-10(3-5-12)8-11(9-15)13(18)17-14-16-6-7-20-14/h2-8H,1H3,(H,16,17,18)/b11-8+. The summed E-state index contributed by atoms with van der Waals surface area (Å²) >= 11 is 2.95. The molecule has 1 aromatic carbocycles. The Morgan fingerprint density at radius 3 is 2.75 bits per heavy atom. The largest absolute Gasteiger partial charge is 0.297 e. The first-order chi connectivity index (χ1) is 9.72. The second-order valence-corrected chi connectivity index (χ2v) is 5.51. The number of thiazole rings is 1. The van der Waals surface area contributed by atoms with Crippen LogP contribution < -0.4 is 5.32 Å². The van der Waals surface area contributed by atoms with Crippen molar-refractivity contribution in [2.24, 2.45) is 0 Å². The monoisotopic (exact) mass is 301 g/mol. The van der Waals surface area contributed by atoms with Crippen LogP contribution in [0.25, 0.3) is 6.08 Å². The lowest BCUT2D eigenvalue weighted by Gasteiger charge is -2.01. The molecule has 0 saturated heterocycles. The smallest absolute Gasteiger partial charge is 0.268 e. The normalized spacial score (nSPS) is 10.9. The van der Waals surface area contributed by atoms with E-state index in [9.17, 15) is 4.79 Å². The Kier molecular flexibility index (Phi) is 4.93. The summed E-state index contributed by atoms with van der Waals surface area (Å²) in [6.07, 6.45) is 5.15. The topological polar surface area (TPSA) is 65.8 Å². The van der Waals surface area contributed by atoms with Crippen LogP contribution in [0.3, 0.4) is 0 Å². The molecule has 0 unspecified atom stereocenters. The van der Waals surface area contributed by atoms with Crippen molar-refractivity contribution in [2.45, 2.75) is 4.90 Å². The Morgan fingerprint density at radius 1 is 1.45 bits per heavy atom. The summed E-state index contributed by atoms with van der Waals surface area (Å²) in [5.41, 5.74) is 0.866. The molecule has 2 aromatic rings. The Hall–Kier alpha value is -2.10. The van der Waals surface area contributed by atoms with E-state index in [0.717, 1.165) is 10.5 Å². The van der Waals surface area contributed by atoms with Crippen LogP contribution in [0.2, 0.25) is 0 Å². The first kappa shape index (κ1) is 14.3. The summed E-state index contributed by atoms with van der Waals surface area (Å²) < 4.78 is 0. The number of rotatable bonds is 4. The van der Waals surface area contributed by atoms with E-state index in [2.05, 4.69) is 10.3 Å². The van der Waals surface area contributed by atoms with Crippen LogP contribution in [0.15, 0.2) is 46.3 Å². The van der Waals surface area contributed by atoms with Gasteiger partial charge in [-0.15, -0.1) is 23.1 Å². The summed E-state index contributed by atoms with van der Waals surface area (Å²) in [4.78, 5) is 17.0. The average molecular weight is 301 g/mol. The van der Waals surface area contributed by atoms with Gasteiger partial charge in [-0.05, 0) is 30.0 Å². The lowest BCUT2D eigenvalue weighted by atomic mass is 10.1. The van der Waals surface area contributed by atoms with Crippen molar-refractivity contribution >= 4 is 40.2 Å².